The number of benzene rings is 1. The van der Waals surface area contributed by atoms with Crippen LogP contribution in [-0.4, -0.2) is 48.3 Å². The van der Waals surface area contributed by atoms with Crippen LogP contribution in [0.1, 0.15) is 24.3 Å². The van der Waals surface area contributed by atoms with Crippen LogP contribution in [0.2, 0.25) is 10.0 Å². The number of esters is 1. The molecule has 2 aliphatic rings. The zero-order valence-electron chi connectivity index (χ0n) is 12.5. The van der Waals surface area contributed by atoms with Crippen LogP contribution in [0, 0.1) is 5.92 Å². The smallest absolute Gasteiger partial charge is 0.310 e. The zero-order valence-corrected chi connectivity index (χ0v) is 14.0. The van der Waals surface area contributed by atoms with Gasteiger partial charge in [0.25, 0.3) is 0 Å². The summed E-state index contributed by atoms with van der Waals surface area (Å²) in [6.07, 6.45) is 0.973. The van der Waals surface area contributed by atoms with Gasteiger partial charge in [-0.2, -0.15) is 0 Å². The van der Waals surface area contributed by atoms with Crippen LogP contribution in [0.15, 0.2) is 18.2 Å². The summed E-state index contributed by atoms with van der Waals surface area (Å²) in [4.78, 5) is 14.5. The Hall–Kier alpha value is -0.810. The summed E-state index contributed by atoms with van der Waals surface area (Å²) in [6, 6.07) is 5.53. The normalized spacial score (nSPS) is 34.7. The molecule has 5 atom stereocenters. The van der Waals surface area contributed by atoms with Crippen molar-refractivity contribution in [1.29, 1.82) is 0 Å². The van der Waals surface area contributed by atoms with Crippen molar-refractivity contribution in [1.82, 2.24) is 4.90 Å². The van der Waals surface area contributed by atoms with Gasteiger partial charge in [0.05, 0.1) is 29.2 Å². The largest absolute Gasteiger partial charge is 0.469 e. The Bertz CT molecular complexity index is 595. The number of hydrogen-bond donors (Lipinski definition) is 1. The second-order valence-corrected chi connectivity index (χ2v) is 6.99. The zero-order chi connectivity index (χ0) is 16.0. The number of methoxy groups -OCH3 is 1. The molecule has 4 nitrogen and oxygen atoms in total. The van der Waals surface area contributed by atoms with Gasteiger partial charge in [0, 0.05) is 18.0 Å². The van der Waals surface area contributed by atoms with Gasteiger partial charge in [-0.05, 0) is 37.6 Å². The molecule has 2 heterocycles. The fourth-order valence-electron chi connectivity index (χ4n) is 4.06. The Morgan fingerprint density at radius 2 is 2.05 bits per heavy atom. The lowest BCUT2D eigenvalue weighted by molar-refractivity contribution is -0.151. The first-order chi connectivity index (χ1) is 10.4. The lowest BCUT2D eigenvalue weighted by Crippen LogP contribution is -2.51. The molecule has 0 aliphatic carbocycles. The van der Waals surface area contributed by atoms with Crippen LogP contribution in [-0.2, 0) is 9.53 Å². The van der Waals surface area contributed by atoms with E-state index in [9.17, 15) is 9.90 Å². The average Bonchev–Trinajstić information content (AvgIpc) is 2.68. The van der Waals surface area contributed by atoms with Crippen molar-refractivity contribution in [3.63, 3.8) is 0 Å². The minimum absolute atomic E-state index is 0.0226. The highest BCUT2D eigenvalue weighted by atomic mass is 35.5. The van der Waals surface area contributed by atoms with E-state index in [2.05, 4.69) is 4.90 Å². The second-order valence-electron chi connectivity index (χ2n) is 6.18. The standard InChI is InChI=1S/C16H19Cl2NO3/c1-19-9-6-10(8-3-4-11(17)12(18)5-8)14(16(21)22-2)15(19)13(20)7-9/h3-5,9-10,13-15,20H,6-7H2,1-2H3/t9-,10?,13+,14?,15?/m0/s1. The first-order valence-electron chi connectivity index (χ1n) is 7.36. The van der Waals surface area contributed by atoms with Crippen molar-refractivity contribution >= 4 is 29.2 Å². The number of nitrogens with zero attached hydrogens (tertiary/aromatic N) is 1. The SMILES string of the molecule is COC(=O)C1C(c2ccc(Cl)c(Cl)c2)C[C@H]2C[C@@H](O)C1N2C. The number of fused-ring (bicyclic) bond motifs is 2. The molecule has 1 N–H and O–H groups in total. The molecule has 2 bridgehead atoms. The van der Waals surface area contributed by atoms with Gasteiger partial charge in [0.1, 0.15) is 0 Å². The van der Waals surface area contributed by atoms with Crippen LogP contribution >= 0.6 is 23.2 Å². The molecule has 0 aromatic heterocycles. The van der Waals surface area contributed by atoms with E-state index in [0.717, 1.165) is 12.0 Å². The van der Waals surface area contributed by atoms with Crippen LogP contribution in [0.25, 0.3) is 0 Å². The van der Waals surface area contributed by atoms with Crippen molar-refractivity contribution in [3.8, 4) is 0 Å². The molecule has 2 saturated heterocycles. The molecular formula is C16H19Cl2NO3. The number of rotatable bonds is 2. The van der Waals surface area contributed by atoms with Crippen molar-refractivity contribution < 1.29 is 14.6 Å². The van der Waals surface area contributed by atoms with Gasteiger partial charge < -0.3 is 9.84 Å². The van der Waals surface area contributed by atoms with E-state index >= 15 is 0 Å². The van der Waals surface area contributed by atoms with E-state index in [1.165, 1.54) is 7.11 Å². The highest BCUT2D eigenvalue weighted by Gasteiger charge is 2.53. The van der Waals surface area contributed by atoms with E-state index in [1.807, 2.05) is 19.2 Å². The third-order valence-electron chi connectivity index (χ3n) is 5.13. The Morgan fingerprint density at radius 1 is 1.32 bits per heavy atom. The number of piperidine rings is 1. The third-order valence-corrected chi connectivity index (χ3v) is 5.87. The minimum atomic E-state index is -0.508. The fourth-order valence-corrected chi connectivity index (χ4v) is 4.36. The molecule has 0 radical (unpaired) electrons. The van der Waals surface area contributed by atoms with Gasteiger partial charge in [-0.1, -0.05) is 29.3 Å². The van der Waals surface area contributed by atoms with Gasteiger partial charge in [-0.25, -0.2) is 0 Å². The molecule has 2 aliphatic heterocycles. The Balaban J connectivity index is 2.01. The first-order valence-corrected chi connectivity index (χ1v) is 8.12. The molecule has 6 heteroatoms. The number of aliphatic hydroxyl groups excluding tert-OH is 1. The molecule has 3 unspecified atom stereocenters. The molecule has 0 amide bonds. The van der Waals surface area contributed by atoms with Crippen LogP contribution in [0.5, 0.6) is 0 Å². The summed E-state index contributed by atoms with van der Waals surface area (Å²) in [5.41, 5.74) is 0.974. The lowest BCUT2D eigenvalue weighted by Gasteiger charge is -2.42. The molecule has 2 fully saturated rings. The average molecular weight is 344 g/mol. The van der Waals surface area contributed by atoms with E-state index in [1.54, 1.807) is 6.07 Å². The van der Waals surface area contributed by atoms with Crippen molar-refractivity contribution in [3.05, 3.63) is 33.8 Å². The van der Waals surface area contributed by atoms with Crippen molar-refractivity contribution in [2.75, 3.05) is 14.2 Å². The molecular weight excluding hydrogens is 325 g/mol. The Morgan fingerprint density at radius 3 is 2.68 bits per heavy atom. The number of halogens is 2. The van der Waals surface area contributed by atoms with Crippen LogP contribution in [0.3, 0.4) is 0 Å². The van der Waals surface area contributed by atoms with Gasteiger partial charge in [-0.3, -0.25) is 9.69 Å². The highest BCUT2D eigenvalue weighted by molar-refractivity contribution is 6.42. The molecule has 0 saturated carbocycles. The maximum Gasteiger partial charge on any atom is 0.310 e. The highest BCUT2D eigenvalue weighted by Crippen LogP contribution is 2.47. The minimum Gasteiger partial charge on any atom is -0.469 e. The number of ether oxygens (including phenoxy) is 1. The summed E-state index contributed by atoms with van der Waals surface area (Å²) < 4.78 is 5.01. The topological polar surface area (TPSA) is 49.8 Å². The number of hydrogen-bond acceptors (Lipinski definition) is 4. The maximum atomic E-state index is 12.4. The summed E-state index contributed by atoms with van der Waals surface area (Å²) in [7, 11) is 3.36. The Kier molecular flexibility index (Phi) is 4.38. The number of carbonyl (C=O) groups is 1. The number of likely N-dealkylation sites (N-methyl/N-ethyl adjacent to an activating group) is 1. The second kappa shape index (κ2) is 6.00. The Labute approximate surface area is 140 Å². The van der Waals surface area contributed by atoms with Gasteiger partial charge in [0.2, 0.25) is 0 Å². The first kappa shape index (κ1) is 16.1. The van der Waals surface area contributed by atoms with Gasteiger partial charge in [-0.15, -0.1) is 0 Å². The van der Waals surface area contributed by atoms with Crippen LogP contribution < -0.4 is 0 Å². The fraction of sp³-hybridized carbons (Fsp3) is 0.562. The summed E-state index contributed by atoms with van der Waals surface area (Å²) in [5.74, 6) is -0.709. The maximum absolute atomic E-state index is 12.4. The van der Waals surface area contributed by atoms with E-state index in [-0.39, 0.29) is 24.0 Å². The third kappa shape index (κ3) is 2.52. The monoisotopic (exact) mass is 343 g/mol. The molecule has 22 heavy (non-hydrogen) atoms. The quantitative estimate of drug-likeness (QED) is 0.838. The molecule has 3 rings (SSSR count). The molecule has 1 aromatic carbocycles. The summed E-state index contributed by atoms with van der Waals surface area (Å²) >= 11 is 12.1. The van der Waals surface area contributed by atoms with Crippen LogP contribution in [0.4, 0.5) is 0 Å². The van der Waals surface area contributed by atoms with E-state index in [0.29, 0.717) is 16.5 Å². The summed E-state index contributed by atoms with van der Waals surface area (Å²) in [6.45, 7) is 0. The molecule has 0 spiro atoms. The molecule has 1 aromatic rings. The predicted octanol–water partition coefficient (Wildman–Crippen LogP) is 2.70. The number of aliphatic hydroxyl groups is 1. The number of carbonyl (C=O) groups excluding carboxylic acids is 1. The van der Waals surface area contributed by atoms with Crippen molar-refractivity contribution in [2.24, 2.45) is 5.92 Å². The van der Waals surface area contributed by atoms with E-state index < -0.39 is 12.0 Å². The van der Waals surface area contributed by atoms with Crippen molar-refractivity contribution in [2.45, 2.75) is 36.9 Å². The predicted molar refractivity (Wildman–Crippen MR) is 85.3 cm³/mol. The lowest BCUT2D eigenvalue weighted by atomic mass is 9.76. The van der Waals surface area contributed by atoms with Gasteiger partial charge >= 0.3 is 5.97 Å². The molecule has 120 valence electrons. The van der Waals surface area contributed by atoms with E-state index in [4.69, 9.17) is 27.9 Å². The summed E-state index contributed by atoms with van der Waals surface area (Å²) in [5, 5.41) is 11.3. The van der Waals surface area contributed by atoms with Gasteiger partial charge in [0.15, 0.2) is 0 Å².